The van der Waals surface area contributed by atoms with Gasteiger partial charge in [-0.3, -0.25) is 4.79 Å². The molecule has 3 rings (SSSR count). The van der Waals surface area contributed by atoms with Gasteiger partial charge in [0.25, 0.3) is 0 Å². The monoisotopic (exact) mass is 411 g/mol. The third kappa shape index (κ3) is 4.18. The molecule has 128 valence electrons. The summed E-state index contributed by atoms with van der Waals surface area (Å²) in [5.74, 6) is -0.215. The lowest BCUT2D eigenvalue weighted by Crippen LogP contribution is -2.22. The number of thioether (sulfide) groups is 1. The van der Waals surface area contributed by atoms with Gasteiger partial charge in [-0.2, -0.15) is 0 Å². The van der Waals surface area contributed by atoms with E-state index in [1.807, 2.05) is 24.3 Å². The summed E-state index contributed by atoms with van der Waals surface area (Å²) < 4.78 is 0. The van der Waals surface area contributed by atoms with Crippen LogP contribution in [0.1, 0.15) is 6.92 Å². The molecule has 0 aliphatic heterocycles. The van der Waals surface area contributed by atoms with Crippen molar-refractivity contribution < 1.29 is 4.79 Å². The lowest BCUT2D eigenvalue weighted by Gasteiger charge is -2.14. The van der Waals surface area contributed by atoms with Gasteiger partial charge in [0.05, 0.1) is 31.5 Å². The Bertz CT molecular complexity index is 946. The van der Waals surface area contributed by atoms with E-state index in [4.69, 9.17) is 34.8 Å². The summed E-state index contributed by atoms with van der Waals surface area (Å²) in [6.45, 7) is 1.79. The molecule has 4 nitrogen and oxygen atoms in total. The maximum atomic E-state index is 12.5. The second kappa shape index (κ2) is 7.79. The van der Waals surface area contributed by atoms with Crippen molar-refractivity contribution in [2.45, 2.75) is 17.2 Å². The van der Waals surface area contributed by atoms with Crippen molar-refractivity contribution in [3.63, 3.8) is 0 Å². The maximum Gasteiger partial charge on any atom is 0.237 e. The van der Waals surface area contributed by atoms with Crippen LogP contribution in [0.5, 0.6) is 0 Å². The zero-order valence-corrected chi connectivity index (χ0v) is 16.0. The van der Waals surface area contributed by atoms with Crippen LogP contribution in [-0.4, -0.2) is 21.1 Å². The number of halogens is 3. The van der Waals surface area contributed by atoms with Gasteiger partial charge in [-0.05, 0) is 25.1 Å². The molecule has 0 saturated carbocycles. The molecule has 0 radical (unpaired) electrons. The molecule has 3 aromatic rings. The molecule has 0 fully saturated rings. The molecule has 0 saturated heterocycles. The summed E-state index contributed by atoms with van der Waals surface area (Å²) in [5.41, 5.74) is 1.25. The van der Waals surface area contributed by atoms with Gasteiger partial charge in [0.15, 0.2) is 0 Å². The van der Waals surface area contributed by atoms with Crippen LogP contribution < -0.4 is 5.32 Å². The normalized spacial score (nSPS) is 12.2. The van der Waals surface area contributed by atoms with E-state index in [1.165, 1.54) is 30.2 Å². The number of para-hydroxylation sites is 1. The topological polar surface area (TPSA) is 54.9 Å². The van der Waals surface area contributed by atoms with E-state index in [0.717, 1.165) is 15.9 Å². The van der Waals surface area contributed by atoms with Gasteiger partial charge in [0.1, 0.15) is 11.4 Å². The minimum atomic E-state index is -0.399. The average molecular weight is 413 g/mol. The van der Waals surface area contributed by atoms with Crippen molar-refractivity contribution in [2.24, 2.45) is 0 Å². The van der Waals surface area contributed by atoms with E-state index in [-0.39, 0.29) is 5.91 Å². The Morgan fingerprint density at radius 1 is 1.08 bits per heavy atom. The minimum Gasteiger partial charge on any atom is -0.324 e. The summed E-state index contributed by atoms with van der Waals surface area (Å²) in [6.07, 6.45) is 1.49. The van der Waals surface area contributed by atoms with E-state index in [1.54, 1.807) is 6.92 Å². The molecular weight excluding hydrogens is 401 g/mol. The Morgan fingerprint density at radius 2 is 1.80 bits per heavy atom. The third-order valence-electron chi connectivity index (χ3n) is 3.43. The molecule has 8 heteroatoms. The number of hydrogen-bond donors (Lipinski definition) is 1. The van der Waals surface area contributed by atoms with E-state index in [9.17, 15) is 4.79 Å². The van der Waals surface area contributed by atoms with Crippen molar-refractivity contribution in [3.8, 4) is 0 Å². The van der Waals surface area contributed by atoms with E-state index in [2.05, 4.69) is 15.3 Å². The van der Waals surface area contributed by atoms with Crippen LogP contribution in [0.2, 0.25) is 15.1 Å². The standard InChI is InChI=1S/C17H12Cl3N3OS/c1-9(16(24)23-15-7-12(19)11(18)6-13(15)20)25-17-10-4-2-3-5-14(10)21-8-22-17/h2-9H,1H3,(H,23,24)/t9-/m0/s1. The number of benzene rings is 2. The van der Waals surface area contributed by atoms with Crippen LogP contribution in [0.3, 0.4) is 0 Å². The number of anilines is 1. The number of nitrogens with zero attached hydrogens (tertiary/aromatic N) is 2. The predicted octanol–water partition coefficient (Wildman–Crippen LogP) is 5.71. The van der Waals surface area contributed by atoms with Crippen molar-refractivity contribution in [1.82, 2.24) is 9.97 Å². The molecule has 1 aromatic heterocycles. The highest BCUT2D eigenvalue weighted by Gasteiger charge is 2.18. The summed E-state index contributed by atoms with van der Waals surface area (Å²) in [5, 5.41) is 5.00. The second-order valence-electron chi connectivity index (χ2n) is 5.19. The average Bonchev–Trinajstić information content (AvgIpc) is 2.60. The second-order valence-corrected chi connectivity index (χ2v) is 7.74. The molecule has 0 aliphatic carbocycles. The summed E-state index contributed by atoms with van der Waals surface area (Å²) in [6, 6.07) is 10.7. The van der Waals surface area contributed by atoms with E-state index >= 15 is 0 Å². The Morgan fingerprint density at radius 3 is 2.60 bits per heavy atom. The van der Waals surface area contributed by atoms with Gasteiger partial charge in [-0.1, -0.05) is 64.8 Å². The van der Waals surface area contributed by atoms with Gasteiger partial charge < -0.3 is 5.32 Å². The number of hydrogen-bond acceptors (Lipinski definition) is 4. The first-order chi connectivity index (χ1) is 12.0. The van der Waals surface area contributed by atoms with Crippen molar-refractivity contribution in [3.05, 3.63) is 57.8 Å². The number of carbonyl (C=O) groups excluding carboxylic acids is 1. The van der Waals surface area contributed by atoms with E-state index < -0.39 is 5.25 Å². The number of carbonyl (C=O) groups is 1. The molecular formula is C17H12Cl3N3OS. The lowest BCUT2D eigenvalue weighted by atomic mass is 10.2. The Kier molecular flexibility index (Phi) is 5.69. The molecule has 2 aromatic carbocycles. The highest BCUT2D eigenvalue weighted by atomic mass is 35.5. The highest BCUT2D eigenvalue weighted by molar-refractivity contribution is 8.00. The Labute approximate surface area is 163 Å². The lowest BCUT2D eigenvalue weighted by molar-refractivity contribution is -0.115. The zero-order valence-electron chi connectivity index (χ0n) is 13.0. The molecule has 25 heavy (non-hydrogen) atoms. The van der Waals surface area contributed by atoms with E-state index in [0.29, 0.717) is 20.8 Å². The highest BCUT2D eigenvalue weighted by Crippen LogP contribution is 2.33. The Balaban J connectivity index is 1.78. The molecule has 1 N–H and O–H groups in total. The summed E-state index contributed by atoms with van der Waals surface area (Å²) in [7, 11) is 0. The molecule has 0 spiro atoms. The first-order valence-electron chi connectivity index (χ1n) is 7.27. The van der Waals surface area contributed by atoms with Gasteiger partial charge in [0, 0.05) is 5.39 Å². The minimum absolute atomic E-state index is 0.215. The van der Waals surface area contributed by atoms with Crippen LogP contribution in [0.25, 0.3) is 10.9 Å². The fourth-order valence-electron chi connectivity index (χ4n) is 2.15. The van der Waals surface area contributed by atoms with Crippen molar-refractivity contribution in [2.75, 3.05) is 5.32 Å². The van der Waals surface area contributed by atoms with Crippen LogP contribution in [0, 0.1) is 0 Å². The van der Waals surface area contributed by atoms with Gasteiger partial charge in [-0.15, -0.1) is 0 Å². The first kappa shape index (κ1) is 18.3. The Hall–Kier alpha value is -1.53. The number of amides is 1. The molecule has 1 amide bonds. The quantitative estimate of drug-likeness (QED) is 0.339. The smallest absolute Gasteiger partial charge is 0.237 e. The van der Waals surface area contributed by atoms with Crippen LogP contribution in [0.4, 0.5) is 5.69 Å². The molecule has 0 unspecified atom stereocenters. The first-order valence-corrected chi connectivity index (χ1v) is 9.29. The molecule has 0 bridgehead atoms. The number of fused-ring (bicyclic) bond motifs is 1. The predicted molar refractivity (Wildman–Crippen MR) is 105 cm³/mol. The van der Waals surface area contributed by atoms with Crippen LogP contribution in [-0.2, 0) is 4.79 Å². The molecule has 0 aliphatic rings. The fourth-order valence-corrected chi connectivity index (χ4v) is 3.65. The SMILES string of the molecule is C[C@H](Sc1ncnc2ccccc12)C(=O)Nc1cc(Cl)c(Cl)cc1Cl. The number of aromatic nitrogens is 2. The van der Waals surface area contributed by atoms with Gasteiger partial charge >= 0.3 is 0 Å². The molecule has 1 atom stereocenters. The van der Waals surface area contributed by atoms with Gasteiger partial charge in [-0.25, -0.2) is 9.97 Å². The van der Waals surface area contributed by atoms with Crippen molar-refractivity contribution >= 4 is 69.1 Å². The summed E-state index contributed by atoms with van der Waals surface area (Å²) in [4.78, 5) is 21.0. The zero-order chi connectivity index (χ0) is 18.0. The fraction of sp³-hybridized carbons (Fsp3) is 0.118. The third-order valence-corrected chi connectivity index (χ3v) is 5.58. The van der Waals surface area contributed by atoms with Crippen molar-refractivity contribution in [1.29, 1.82) is 0 Å². The van der Waals surface area contributed by atoms with Crippen LogP contribution >= 0.6 is 46.6 Å². The number of nitrogens with one attached hydrogen (secondary N) is 1. The summed E-state index contributed by atoms with van der Waals surface area (Å²) >= 11 is 19.3. The maximum absolute atomic E-state index is 12.5. The molecule has 1 heterocycles. The van der Waals surface area contributed by atoms with Gasteiger partial charge in [0.2, 0.25) is 5.91 Å². The largest absolute Gasteiger partial charge is 0.324 e. The number of rotatable bonds is 4. The van der Waals surface area contributed by atoms with Crippen LogP contribution in [0.15, 0.2) is 47.8 Å².